The molecule has 4 rings (SSSR count). The third-order valence-electron chi connectivity index (χ3n) is 5.91. The number of ether oxygens (including phenoxy) is 1. The van der Waals surface area contributed by atoms with Crippen molar-refractivity contribution in [3.05, 3.63) is 47.5 Å². The maximum Gasteiger partial charge on any atom is 0.252 e. The summed E-state index contributed by atoms with van der Waals surface area (Å²) in [6, 6.07) is 7.73. The molecule has 1 aromatic carbocycles. The van der Waals surface area contributed by atoms with Crippen molar-refractivity contribution < 1.29 is 14.3 Å². The number of rotatable bonds is 7. The number of nitrogens with one attached hydrogen (secondary N) is 1. The molecular weight excluding hydrogens is 422 g/mol. The van der Waals surface area contributed by atoms with Gasteiger partial charge < -0.3 is 19.9 Å². The fourth-order valence-electron chi connectivity index (χ4n) is 4.02. The van der Waals surface area contributed by atoms with Crippen LogP contribution in [0.3, 0.4) is 0 Å². The third kappa shape index (κ3) is 5.28. The first-order chi connectivity index (χ1) is 15.9. The Morgan fingerprint density at radius 2 is 1.88 bits per heavy atom. The van der Waals surface area contributed by atoms with Crippen molar-refractivity contribution in [3.63, 3.8) is 0 Å². The van der Waals surface area contributed by atoms with Crippen LogP contribution in [0.15, 0.2) is 30.6 Å². The van der Waals surface area contributed by atoms with Gasteiger partial charge in [0.15, 0.2) is 0 Å². The summed E-state index contributed by atoms with van der Waals surface area (Å²) in [4.78, 5) is 37.3. The monoisotopic (exact) mass is 451 g/mol. The second-order valence-electron chi connectivity index (χ2n) is 8.18. The first-order valence-electron chi connectivity index (χ1n) is 11.0. The van der Waals surface area contributed by atoms with Crippen molar-refractivity contribution in [2.24, 2.45) is 0 Å². The van der Waals surface area contributed by atoms with E-state index in [-0.39, 0.29) is 24.8 Å². The minimum Gasteiger partial charge on any atom is -0.378 e. The number of nitrogens with zero attached hydrogens (tertiary/aromatic N) is 6. The molecule has 0 saturated carbocycles. The number of benzene rings is 1. The lowest BCUT2D eigenvalue weighted by molar-refractivity contribution is -0.133. The van der Waals surface area contributed by atoms with Crippen LogP contribution in [0.4, 0.5) is 11.4 Å². The standard InChI is InChI=1S/C23H29N7O3/c1-16-20(17(2)30-23(26-16)24-15-25-30)8-9-22(32)28(3)14-21(31)27-18-4-6-19(7-5-18)29-10-12-33-13-11-29/h4-7,15H,8-14H2,1-3H3,(H,27,31). The van der Waals surface area contributed by atoms with E-state index in [0.717, 1.165) is 48.9 Å². The van der Waals surface area contributed by atoms with Gasteiger partial charge in [0.25, 0.3) is 5.78 Å². The van der Waals surface area contributed by atoms with Gasteiger partial charge in [0.2, 0.25) is 11.8 Å². The Kier molecular flexibility index (Phi) is 6.83. The van der Waals surface area contributed by atoms with Crippen molar-refractivity contribution >= 4 is 29.0 Å². The van der Waals surface area contributed by atoms with Gasteiger partial charge in [-0.15, -0.1) is 0 Å². The van der Waals surface area contributed by atoms with E-state index >= 15 is 0 Å². The van der Waals surface area contributed by atoms with E-state index in [1.165, 1.54) is 11.2 Å². The van der Waals surface area contributed by atoms with E-state index in [2.05, 4.69) is 25.3 Å². The smallest absolute Gasteiger partial charge is 0.252 e. The molecule has 0 radical (unpaired) electrons. The number of hydrogen-bond donors (Lipinski definition) is 1. The summed E-state index contributed by atoms with van der Waals surface area (Å²) in [7, 11) is 1.64. The summed E-state index contributed by atoms with van der Waals surface area (Å²) in [6.45, 7) is 7.01. The second kappa shape index (κ2) is 9.95. The average molecular weight is 452 g/mol. The number of carbonyl (C=O) groups is 2. The molecule has 0 bridgehead atoms. The Balaban J connectivity index is 1.28. The number of anilines is 2. The zero-order valence-corrected chi connectivity index (χ0v) is 19.2. The fraction of sp³-hybridized carbons (Fsp3) is 0.435. The predicted octanol–water partition coefficient (Wildman–Crippen LogP) is 1.61. The van der Waals surface area contributed by atoms with E-state index in [0.29, 0.717) is 17.9 Å². The van der Waals surface area contributed by atoms with Crippen LogP contribution < -0.4 is 10.2 Å². The van der Waals surface area contributed by atoms with E-state index in [1.54, 1.807) is 11.6 Å². The van der Waals surface area contributed by atoms with Crippen LogP contribution in [0.25, 0.3) is 5.78 Å². The minimum atomic E-state index is -0.233. The largest absolute Gasteiger partial charge is 0.378 e. The number of hydrogen-bond acceptors (Lipinski definition) is 7. The Labute approximate surface area is 192 Å². The molecule has 1 aliphatic heterocycles. The summed E-state index contributed by atoms with van der Waals surface area (Å²) >= 11 is 0. The Morgan fingerprint density at radius 3 is 2.61 bits per heavy atom. The molecule has 0 aliphatic carbocycles. The molecule has 174 valence electrons. The molecule has 0 atom stereocenters. The van der Waals surface area contributed by atoms with Gasteiger partial charge in [0.05, 0.1) is 19.8 Å². The SMILES string of the molecule is Cc1nc2ncnn2c(C)c1CCC(=O)N(C)CC(=O)Nc1ccc(N2CCOCC2)cc1. The molecule has 1 saturated heterocycles. The van der Waals surface area contributed by atoms with Crippen molar-refractivity contribution in [2.75, 3.05) is 50.1 Å². The van der Waals surface area contributed by atoms with Gasteiger partial charge in [-0.2, -0.15) is 10.1 Å². The number of morpholine rings is 1. The highest BCUT2D eigenvalue weighted by Crippen LogP contribution is 2.19. The van der Waals surface area contributed by atoms with Crippen LogP contribution in [0.5, 0.6) is 0 Å². The van der Waals surface area contributed by atoms with Crippen LogP contribution in [0.2, 0.25) is 0 Å². The first kappa shape index (κ1) is 22.7. The normalized spacial score (nSPS) is 13.8. The van der Waals surface area contributed by atoms with Crippen molar-refractivity contribution in [1.82, 2.24) is 24.5 Å². The van der Waals surface area contributed by atoms with Crippen LogP contribution in [-0.4, -0.2) is 76.2 Å². The molecule has 33 heavy (non-hydrogen) atoms. The third-order valence-corrected chi connectivity index (χ3v) is 5.91. The van der Waals surface area contributed by atoms with Crippen LogP contribution >= 0.6 is 0 Å². The number of likely N-dealkylation sites (N-methyl/N-ethyl adjacent to an activating group) is 1. The van der Waals surface area contributed by atoms with Crippen LogP contribution in [0.1, 0.15) is 23.4 Å². The summed E-state index contributed by atoms with van der Waals surface area (Å²) in [5, 5.41) is 7.04. The molecule has 10 heteroatoms. The lowest BCUT2D eigenvalue weighted by Crippen LogP contribution is -2.36. The van der Waals surface area contributed by atoms with Gasteiger partial charge in [-0.25, -0.2) is 9.50 Å². The number of aromatic nitrogens is 4. The minimum absolute atomic E-state index is 0.0115. The molecule has 1 fully saturated rings. The molecule has 0 unspecified atom stereocenters. The van der Waals surface area contributed by atoms with E-state index in [4.69, 9.17) is 4.74 Å². The zero-order chi connectivity index (χ0) is 23.4. The highest BCUT2D eigenvalue weighted by atomic mass is 16.5. The van der Waals surface area contributed by atoms with Gasteiger partial charge >= 0.3 is 0 Å². The van der Waals surface area contributed by atoms with Crippen molar-refractivity contribution in [2.45, 2.75) is 26.7 Å². The summed E-state index contributed by atoms with van der Waals surface area (Å²) < 4.78 is 7.06. The van der Waals surface area contributed by atoms with Gasteiger partial charge in [0, 0.05) is 49.3 Å². The average Bonchev–Trinajstić information content (AvgIpc) is 3.28. The lowest BCUT2D eigenvalue weighted by atomic mass is 10.1. The molecular formula is C23H29N7O3. The van der Waals surface area contributed by atoms with E-state index in [1.807, 2.05) is 38.1 Å². The predicted molar refractivity (Wildman–Crippen MR) is 124 cm³/mol. The maximum absolute atomic E-state index is 12.6. The lowest BCUT2D eigenvalue weighted by Gasteiger charge is -2.28. The van der Waals surface area contributed by atoms with Crippen molar-refractivity contribution in [3.8, 4) is 0 Å². The maximum atomic E-state index is 12.6. The molecule has 3 heterocycles. The van der Waals surface area contributed by atoms with Crippen LogP contribution in [0, 0.1) is 13.8 Å². The van der Waals surface area contributed by atoms with Gasteiger partial charge in [0.1, 0.15) is 6.33 Å². The molecule has 1 aliphatic rings. The van der Waals surface area contributed by atoms with E-state index in [9.17, 15) is 9.59 Å². The second-order valence-corrected chi connectivity index (χ2v) is 8.18. The topological polar surface area (TPSA) is 105 Å². The highest BCUT2D eigenvalue weighted by molar-refractivity contribution is 5.94. The Hall–Kier alpha value is -3.53. The number of amides is 2. The molecule has 3 aromatic rings. The fourth-order valence-corrected chi connectivity index (χ4v) is 4.02. The molecule has 10 nitrogen and oxygen atoms in total. The van der Waals surface area contributed by atoms with Gasteiger partial charge in [-0.05, 0) is 50.1 Å². The number of carbonyl (C=O) groups excluding carboxylic acids is 2. The number of aryl methyl sites for hydroxylation is 2. The van der Waals surface area contributed by atoms with Crippen LogP contribution in [-0.2, 0) is 20.7 Å². The molecule has 1 N–H and O–H groups in total. The number of fused-ring (bicyclic) bond motifs is 1. The first-order valence-corrected chi connectivity index (χ1v) is 11.0. The summed E-state index contributed by atoms with van der Waals surface area (Å²) in [5.74, 6) is 0.209. The zero-order valence-electron chi connectivity index (χ0n) is 19.2. The summed E-state index contributed by atoms with van der Waals surface area (Å²) in [5.41, 5.74) is 4.54. The Morgan fingerprint density at radius 1 is 1.15 bits per heavy atom. The Bertz CT molecular complexity index is 1140. The molecule has 2 amide bonds. The molecule has 2 aromatic heterocycles. The summed E-state index contributed by atoms with van der Waals surface area (Å²) in [6.07, 6.45) is 2.27. The van der Waals surface area contributed by atoms with Gasteiger partial charge in [-0.1, -0.05) is 0 Å². The quantitative estimate of drug-likeness (QED) is 0.582. The van der Waals surface area contributed by atoms with E-state index < -0.39 is 0 Å². The van der Waals surface area contributed by atoms with Gasteiger partial charge in [-0.3, -0.25) is 9.59 Å². The van der Waals surface area contributed by atoms with Crippen molar-refractivity contribution in [1.29, 1.82) is 0 Å². The highest BCUT2D eigenvalue weighted by Gasteiger charge is 2.17. The molecule has 0 spiro atoms.